The van der Waals surface area contributed by atoms with E-state index in [0.717, 1.165) is 11.1 Å². The molecule has 116 valence electrons. The first kappa shape index (κ1) is 17.4. The summed E-state index contributed by atoms with van der Waals surface area (Å²) in [4.78, 5) is 24.3. The molecule has 0 saturated carbocycles. The highest BCUT2D eigenvalue weighted by atomic mass is 16.5. The van der Waals surface area contributed by atoms with Crippen molar-refractivity contribution in [2.45, 2.75) is 40.2 Å². The summed E-state index contributed by atoms with van der Waals surface area (Å²) in [6, 6.07) is 5.24. The molecule has 0 saturated heterocycles. The van der Waals surface area contributed by atoms with E-state index in [-0.39, 0.29) is 18.2 Å². The molecule has 0 heterocycles. The van der Waals surface area contributed by atoms with Crippen molar-refractivity contribution in [3.05, 3.63) is 34.9 Å². The quantitative estimate of drug-likeness (QED) is 0.620. The third-order valence-corrected chi connectivity index (χ3v) is 3.35. The van der Waals surface area contributed by atoms with Crippen LogP contribution in [0.3, 0.4) is 0 Å². The van der Waals surface area contributed by atoms with Crippen LogP contribution in [0.1, 0.15) is 41.8 Å². The van der Waals surface area contributed by atoms with Gasteiger partial charge in [-0.25, -0.2) is 0 Å². The fourth-order valence-corrected chi connectivity index (χ4v) is 2.07. The van der Waals surface area contributed by atoms with E-state index in [1.165, 1.54) is 7.11 Å². The number of ether oxygens (including phenoxy) is 1. The predicted molar refractivity (Wildman–Crippen MR) is 83.5 cm³/mol. The maximum Gasteiger partial charge on any atom is 0.307 e. The topological polar surface area (TPSA) is 55.4 Å². The minimum absolute atomic E-state index is 0.0510. The average Bonchev–Trinajstić information content (AvgIpc) is 2.44. The van der Waals surface area contributed by atoms with Crippen LogP contribution in [0.4, 0.5) is 0 Å². The summed E-state index contributed by atoms with van der Waals surface area (Å²) in [7, 11) is 1.34. The number of nitrogens with one attached hydrogen (secondary N) is 1. The van der Waals surface area contributed by atoms with Gasteiger partial charge in [0.15, 0.2) is 5.78 Å². The SMILES string of the molecule is COC(=O)CC(NCC(C)C)C(=O)c1cc(C)ccc1C. The Morgan fingerprint density at radius 2 is 1.90 bits per heavy atom. The standard InChI is InChI=1S/C17H25NO3/c1-11(2)10-18-15(9-16(19)21-5)17(20)14-8-12(3)6-7-13(14)4/h6-8,11,15,18H,9-10H2,1-5H3. The summed E-state index contributed by atoms with van der Waals surface area (Å²) < 4.78 is 4.70. The number of Topliss-reactive ketones (excluding diaryl/α,β-unsaturated/α-hetero) is 1. The number of hydrogen-bond acceptors (Lipinski definition) is 4. The van der Waals surface area contributed by atoms with Gasteiger partial charge in [-0.2, -0.15) is 0 Å². The molecule has 1 unspecified atom stereocenters. The lowest BCUT2D eigenvalue weighted by molar-refractivity contribution is -0.141. The molecule has 21 heavy (non-hydrogen) atoms. The van der Waals surface area contributed by atoms with Crippen LogP contribution in [0.2, 0.25) is 0 Å². The molecule has 1 aromatic rings. The summed E-state index contributed by atoms with van der Waals surface area (Å²) in [5, 5.41) is 3.18. The van der Waals surface area contributed by atoms with Crippen LogP contribution in [-0.4, -0.2) is 31.4 Å². The second-order valence-corrected chi connectivity index (χ2v) is 5.82. The molecule has 1 rings (SSSR count). The van der Waals surface area contributed by atoms with Gasteiger partial charge in [0, 0.05) is 5.56 Å². The highest BCUT2D eigenvalue weighted by molar-refractivity contribution is 6.03. The number of aryl methyl sites for hydroxylation is 2. The molecule has 4 heteroatoms. The van der Waals surface area contributed by atoms with Gasteiger partial charge in [-0.3, -0.25) is 9.59 Å². The van der Waals surface area contributed by atoms with Crippen molar-refractivity contribution in [1.29, 1.82) is 0 Å². The maximum absolute atomic E-state index is 12.7. The monoisotopic (exact) mass is 291 g/mol. The third-order valence-electron chi connectivity index (χ3n) is 3.35. The number of benzene rings is 1. The van der Waals surface area contributed by atoms with Gasteiger partial charge in [-0.15, -0.1) is 0 Å². The maximum atomic E-state index is 12.7. The first-order valence-corrected chi connectivity index (χ1v) is 7.26. The summed E-state index contributed by atoms with van der Waals surface area (Å²) in [6.45, 7) is 8.66. The van der Waals surface area contributed by atoms with Gasteiger partial charge in [0.05, 0.1) is 19.6 Å². The first-order chi connectivity index (χ1) is 9.85. The van der Waals surface area contributed by atoms with E-state index in [0.29, 0.717) is 18.0 Å². The second-order valence-electron chi connectivity index (χ2n) is 5.82. The Morgan fingerprint density at radius 3 is 2.48 bits per heavy atom. The number of esters is 1. The van der Waals surface area contributed by atoms with Crippen LogP contribution < -0.4 is 5.32 Å². The van der Waals surface area contributed by atoms with Crippen molar-refractivity contribution in [1.82, 2.24) is 5.32 Å². The molecule has 0 aliphatic carbocycles. The van der Waals surface area contributed by atoms with Crippen molar-refractivity contribution in [2.75, 3.05) is 13.7 Å². The number of carbonyl (C=O) groups excluding carboxylic acids is 2. The number of methoxy groups -OCH3 is 1. The van der Waals surface area contributed by atoms with Crippen LogP contribution in [0.5, 0.6) is 0 Å². The Balaban J connectivity index is 2.97. The Labute approximate surface area is 126 Å². The Kier molecular flexibility index (Phi) is 6.56. The smallest absolute Gasteiger partial charge is 0.307 e. The van der Waals surface area contributed by atoms with Crippen molar-refractivity contribution < 1.29 is 14.3 Å². The van der Waals surface area contributed by atoms with Gasteiger partial charge in [0.25, 0.3) is 0 Å². The molecule has 0 bridgehead atoms. The number of carbonyl (C=O) groups is 2. The number of ketones is 1. The highest BCUT2D eigenvalue weighted by Gasteiger charge is 2.24. The molecule has 1 N–H and O–H groups in total. The average molecular weight is 291 g/mol. The van der Waals surface area contributed by atoms with E-state index in [1.54, 1.807) is 0 Å². The minimum atomic E-state index is -0.541. The molecule has 1 aromatic carbocycles. The summed E-state index contributed by atoms with van der Waals surface area (Å²) in [6.07, 6.45) is 0.0510. The lowest BCUT2D eigenvalue weighted by Crippen LogP contribution is -2.41. The highest BCUT2D eigenvalue weighted by Crippen LogP contribution is 2.15. The van der Waals surface area contributed by atoms with Crippen molar-refractivity contribution in [2.24, 2.45) is 5.92 Å². The van der Waals surface area contributed by atoms with Crippen LogP contribution in [0.25, 0.3) is 0 Å². The zero-order chi connectivity index (χ0) is 16.0. The molecule has 0 aliphatic rings. The van der Waals surface area contributed by atoms with Gasteiger partial charge in [0.2, 0.25) is 0 Å². The second kappa shape index (κ2) is 7.93. The summed E-state index contributed by atoms with van der Waals surface area (Å²) >= 11 is 0. The molecule has 1 atom stereocenters. The van der Waals surface area contributed by atoms with E-state index >= 15 is 0 Å². The van der Waals surface area contributed by atoms with Gasteiger partial charge < -0.3 is 10.1 Å². The Morgan fingerprint density at radius 1 is 1.24 bits per heavy atom. The van der Waals surface area contributed by atoms with Crippen LogP contribution in [-0.2, 0) is 9.53 Å². The molecule has 0 aliphatic heterocycles. The fourth-order valence-electron chi connectivity index (χ4n) is 2.07. The van der Waals surface area contributed by atoms with E-state index in [1.807, 2.05) is 32.0 Å². The minimum Gasteiger partial charge on any atom is -0.469 e. The van der Waals surface area contributed by atoms with E-state index in [2.05, 4.69) is 19.2 Å². The normalized spacial score (nSPS) is 12.3. The third kappa shape index (κ3) is 5.31. The van der Waals surface area contributed by atoms with Gasteiger partial charge in [-0.1, -0.05) is 31.5 Å². The first-order valence-electron chi connectivity index (χ1n) is 7.26. The molecule has 0 spiro atoms. The zero-order valence-electron chi connectivity index (χ0n) is 13.5. The van der Waals surface area contributed by atoms with Crippen molar-refractivity contribution in [3.63, 3.8) is 0 Å². The molecule has 4 nitrogen and oxygen atoms in total. The van der Waals surface area contributed by atoms with E-state index < -0.39 is 6.04 Å². The summed E-state index contributed by atoms with van der Waals surface area (Å²) in [5.41, 5.74) is 2.62. The number of rotatable bonds is 7. The van der Waals surface area contributed by atoms with Gasteiger partial charge in [0.1, 0.15) is 0 Å². The largest absolute Gasteiger partial charge is 0.469 e. The molecule has 0 fully saturated rings. The van der Waals surface area contributed by atoms with Crippen molar-refractivity contribution >= 4 is 11.8 Å². The zero-order valence-corrected chi connectivity index (χ0v) is 13.5. The lowest BCUT2D eigenvalue weighted by atomic mass is 9.95. The van der Waals surface area contributed by atoms with Crippen molar-refractivity contribution in [3.8, 4) is 0 Å². The molecular weight excluding hydrogens is 266 g/mol. The Bertz CT molecular complexity index is 509. The lowest BCUT2D eigenvalue weighted by Gasteiger charge is -2.19. The predicted octanol–water partition coefficient (Wildman–Crippen LogP) is 2.66. The van der Waals surface area contributed by atoms with E-state index in [4.69, 9.17) is 4.74 Å². The molecule has 0 amide bonds. The molecule has 0 aromatic heterocycles. The van der Waals surface area contributed by atoms with Gasteiger partial charge >= 0.3 is 5.97 Å². The van der Waals surface area contributed by atoms with E-state index in [9.17, 15) is 9.59 Å². The molecular formula is C17H25NO3. The van der Waals surface area contributed by atoms with Crippen LogP contribution >= 0.6 is 0 Å². The van der Waals surface area contributed by atoms with Gasteiger partial charge in [-0.05, 0) is 37.9 Å². The Hall–Kier alpha value is -1.68. The van der Waals surface area contributed by atoms with Crippen LogP contribution in [0.15, 0.2) is 18.2 Å². The van der Waals surface area contributed by atoms with Crippen LogP contribution in [0, 0.1) is 19.8 Å². The molecule has 0 radical (unpaired) electrons. The summed E-state index contributed by atoms with van der Waals surface area (Å²) in [5.74, 6) is -0.0336. The fraction of sp³-hybridized carbons (Fsp3) is 0.529. The number of hydrogen-bond donors (Lipinski definition) is 1.